The summed E-state index contributed by atoms with van der Waals surface area (Å²) in [5.41, 5.74) is 3.44. The Bertz CT molecular complexity index is 982. The molecule has 0 saturated carbocycles. The summed E-state index contributed by atoms with van der Waals surface area (Å²) in [5, 5.41) is 1.18. The van der Waals surface area contributed by atoms with Crippen molar-refractivity contribution >= 4 is 34.5 Å². The molecule has 3 aromatic rings. The Morgan fingerprint density at radius 2 is 2.14 bits per heavy atom. The molecule has 0 aliphatic carbocycles. The largest absolute Gasteiger partial charge is 0.372 e. The first-order valence-electron chi connectivity index (χ1n) is 9.83. The highest BCUT2D eigenvalue weighted by Crippen LogP contribution is 2.30. The molecule has 0 spiro atoms. The fourth-order valence-electron chi connectivity index (χ4n) is 3.91. The molecule has 1 unspecified atom stereocenters. The fourth-order valence-corrected chi connectivity index (χ4v) is 3.91. The van der Waals surface area contributed by atoms with Crippen molar-refractivity contribution < 1.29 is 4.79 Å². The normalized spacial score (nSPS) is 17.2. The number of nitrogens with one attached hydrogen (secondary N) is 1. The SMILES string of the molecule is CCN(C)c1cccnc1N1CCN(c2cc3cc(C)ccc3[nH]2)C(C=O)C1. The number of carbonyl (C=O) groups excluding carboxylic acids is 1. The summed E-state index contributed by atoms with van der Waals surface area (Å²) >= 11 is 0. The van der Waals surface area contributed by atoms with Gasteiger partial charge < -0.3 is 24.5 Å². The van der Waals surface area contributed by atoms with Gasteiger partial charge in [-0.3, -0.25) is 0 Å². The van der Waals surface area contributed by atoms with E-state index in [1.54, 1.807) is 0 Å². The van der Waals surface area contributed by atoms with E-state index in [1.807, 2.05) is 12.3 Å². The van der Waals surface area contributed by atoms with Gasteiger partial charge in [0, 0.05) is 50.3 Å². The highest BCUT2D eigenvalue weighted by molar-refractivity contribution is 5.85. The Morgan fingerprint density at radius 3 is 2.93 bits per heavy atom. The standard InChI is InChI=1S/C22H27N5O/c1-4-25(3)20-6-5-9-23-22(20)26-10-11-27(18(14-26)15-28)21-13-17-12-16(2)7-8-19(17)24-21/h5-9,12-13,15,18,24H,4,10-11,14H2,1-3H3. The van der Waals surface area contributed by atoms with Crippen LogP contribution in [0.5, 0.6) is 0 Å². The van der Waals surface area contributed by atoms with Crippen LogP contribution in [0.25, 0.3) is 10.9 Å². The number of aromatic nitrogens is 2. The number of rotatable bonds is 5. The molecule has 3 heterocycles. The van der Waals surface area contributed by atoms with Crippen LogP contribution >= 0.6 is 0 Å². The molecule has 1 aromatic carbocycles. The number of piperazine rings is 1. The summed E-state index contributed by atoms with van der Waals surface area (Å²) in [4.78, 5) is 26.6. The summed E-state index contributed by atoms with van der Waals surface area (Å²) < 4.78 is 0. The van der Waals surface area contributed by atoms with E-state index in [4.69, 9.17) is 0 Å². The van der Waals surface area contributed by atoms with Crippen LogP contribution in [0.1, 0.15) is 12.5 Å². The monoisotopic (exact) mass is 377 g/mol. The molecule has 1 saturated heterocycles. The predicted octanol–water partition coefficient (Wildman–Crippen LogP) is 3.22. The number of benzene rings is 1. The highest BCUT2D eigenvalue weighted by Gasteiger charge is 2.30. The second-order valence-electron chi connectivity index (χ2n) is 7.45. The maximum atomic E-state index is 12.0. The quantitative estimate of drug-likeness (QED) is 0.692. The third-order valence-electron chi connectivity index (χ3n) is 5.60. The van der Waals surface area contributed by atoms with E-state index >= 15 is 0 Å². The first-order valence-corrected chi connectivity index (χ1v) is 9.83. The lowest BCUT2D eigenvalue weighted by atomic mass is 10.1. The minimum absolute atomic E-state index is 0.218. The molecule has 0 amide bonds. The van der Waals surface area contributed by atoms with Gasteiger partial charge in [-0.1, -0.05) is 11.6 Å². The van der Waals surface area contributed by atoms with Crippen molar-refractivity contribution in [3.05, 3.63) is 48.2 Å². The number of H-pyrrole nitrogens is 1. The third-order valence-corrected chi connectivity index (χ3v) is 5.60. The molecule has 146 valence electrons. The van der Waals surface area contributed by atoms with Crippen LogP contribution < -0.4 is 14.7 Å². The average molecular weight is 377 g/mol. The second-order valence-corrected chi connectivity index (χ2v) is 7.45. The molecule has 1 N–H and O–H groups in total. The molecule has 1 aliphatic rings. The summed E-state index contributed by atoms with van der Waals surface area (Å²) in [5.74, 6) is 1.95. The highest BCUT2D eigenvalue weighted by atomic mass is 16.1. The molecule has 1 aliphatic heterocycles. The van der Waals surface area contributed by atoms with Gasteiger partial charge in [0.2, 0.25) is 0 Å². The molecule has 6 heteroatoms. The van der Waals surface area contributed by atoms with Crippen LogP contribution in [0.15, 0.2) is 42.6 Å². The van der Waals surface area contributed by atoms with Gasteiger partial charge in [0.05, 0.1) is 5.69 Å². The molecule has 0 bridgehead atoms. The van der Waals surface area contributed by atoms with E-state index in [-0.39, 0.29) is 6.04 Å². The molecular weight excluding hydrogens is 350 g/mol. The van der Waals surface area contributed by atoms with Crippen LogP contribution in [0.2, 0.25) is 0 Å². The van der Waals surface area contributed by atoms with Crippen molar-refractivity contribution in [2.45, 2.75) is 19.9 Å². The molecule has 28 heavy (non-hydrogen) atoms. The number of aldehydes is 1. The molecule has 0 radical (unpaired) electrons. The lowest BCUT2D eigenvalue weighted by Crippen LogP contribution is -2.54. The smallest absolute Gasteiger partial charge is 0.152 e. The van der Waals surface area contributed by atoms with Crippen molar-refractivity contribution in [2.24, 2.45) is 0 Å². The number of aromatic amines is 1. The van der Waals surface area contributed by atoms with Crippen molar-refractivity contribution in [2.75, 3.05) is 47.9 Å². The zero-order valence-electron chi connectivity index (χ0n) is 16.7. The van der Waals surface area contributed by atoms with Gasteiger partial charge in [0.15, 0.2) is 5.82 Å². The van der Waals surface area contributed by atoms with Gasteiger partial charge in [-0.15, -0.1) is 0 Å². The number of anilines is 3. The topological polar surface area (TPSA) is 55.5 Å². The minimum atomic E-state index is -0.218. The van der Waals surface area contributed by atoms with E-state index < -0.39 is 0 Å². The maximum Gasteiger partial charge on any atom is 0.152 e. The summed E-state index contributed by atoms with van der Waals surface area (Å²) in [6.45, 7) is 7.34. The first kappa shape index (κ1) is 18.3. The molecule has 1 fully saturated rings. The number of pyridine rings is 1. The van der Waals surface area contributed by atoms with Gasteiger partial charge in [-0.2, -0.15) is 0 Å². The Labute approximate surface area is 165 Å². The van der Waals surface area contributed by atoms with Crippen LogP contribution in [0.4, 0.5) is 17.3 Å². The number of hydrogen-bond acceptors (Lipinski definition) is 5. The van der Waals surface area contributed by atoms with Crippen LogP contribution in [0, 0.1) is 6.92 Å². The van der Waals surface area contributed by atoms with Crippen LogP contribution in [-0.2, 0) is 4.79 Å². The van der Waals surface area contributed by atoms with Gasteiger partial charge in [-0.25, -0.2) is 4.98 Å². The van der Waals surface area contributed by atoms with Gasteiger partial charge in [0.25, 0.3) is 0 Å². The Morgan fingerprint density at radius 1 is 1.29 bits per heavy atom. The van der Waals surface area contributed by atoms with Gasteiger partial charge in [-0.05, 0) is 44.2 Å². The second kappa shape index (κ2) is 7.54. The fraction of sp³-hybridized carbons (Fsp3) is 0.364. The minimum Gasteiger partial charge on any atom is -0.372 e. The van der Waals surface area contributed by atoms with E-state index in [0.29, 0.717) is 6.54 Å². The lowest BCUT2D eigenvalue weighted by molar-refractivity contribution is -0.109. The summed E-state index contributed by atoms with van der Waals surface area (Å²) in [7, 11) is 2.07. The third kappa shape index (κ3) is 3.30. The lowest BCUT2D eigenvalue weighted by Gasteiger charge is -2.41. The zero-order valence-corrected chi connectivity index (χ0v) is 16.7. The average Bonchev–Trinajstić information content (AvgIpc) is 3.15. The molecule has 2 aromatic heterocycles. The van der Waals surface area contributed by atoms with E-state index in [2.05, 4.69) is 75.9 Å². The van der Waals surface area contributed by atoms with Crippen LogP contribution in [-0.4, -0.2) is 55.5 Å². The zero-order chi connectivity index (χ0) is 19.7. The predicted molar refractivity (Wildman–Crippen MR) is 116 cm³/mol. The summed E-state index contributed by atoms with van der Waals surface area (Å²) in [6, 6.07) is 12.4. The number of carbonyl (C=O) groups is 1. The molecule has 1 atom stereocenters. The van der Waals surface area contributed by atoms with Crippen LogP contribution in [0.3, 0.4) is 0 Å². The Balaban J connectivity index is 1.60. The number of aryl methyl sites for hydroxylation is 1. The molecule has 4 rings (SSSR count). The van der Waals surface area contributed by atoms with Crippen molar-refractivity contribution in [3.63, 3.8) is 0 Å². The molecular formula is C22H27N5O. The van der Waals surface area contributed by atoms with E-state index in [0.717, 1.165) is 48.8 Å². The number of nitrogens with zero attached hydrogens (tertiary/aromatic N) is 4. The van der Waals surface area contributed by atoms with E-state index in [1.165, 1.54) is 10.9 Å². The summed E-state index contributed by atoms with van der Waals surface area (Å²) in [6.07, 6.45) is 2.87. The first-order chi connectivity index (χ1) is 13.6. The van der Waals surface area contributed by atoms with Gasteiger partial charge in [0.1, 0.15) is 18.1 Å². The number of fused-ring (bicyclic) bond motifs is 1. The Kier molecular flexibility index (Phi) is 4.94. The van der Waals surface area contributed by atoms with Gasteiger partial charge >= 0.3 is 0 Å². The van der Waals surface area contributed by atoms with Crippen molar-refractivity contribution in [1.29, 1.82) is 0 Å². The van der Waals surface area contributed by atoms with Crippen molar-refractivity contribution in [3.8, 4) is 0 Å². The Hall–Kier alpha value is -3.02. The molecule has 6 nitrogen and oxygen atoms in total. The van der Waals surface area contributed by atoms with E-state index in [9.17, 15) is 4.79 Å². The van der Waals surface area contributed by atoms with Crippen molar-refractivity contribution in [1.82, 2.24) is 9.97 Å². The number of hydrogen-bond donors (Lipinski definition) is 1. The maximum absolute atomic E-state index is 12.0.